The zero-order valence-electron chi connectivity index (χ0n) is 18.8. The minimum absolute atomic E-state index is 0.140. The van der Waals surface area contributed by atoms with E-state index in [1.54, 1.807) is 0 Å². The summed E-state index contributed by atoms with van der Waals surface area (Å²) in [6.07, 6.45) is 0.979. The van der Waals surface area contributed by atoms with Crippen molar-refractivity contribution in [1.29, 1.82) is 0 Å². The molecule has 7 heteroatoms. The Hall–Kier alpha value is -1.86. The molecule has 0 saturated carbocycles. The van der Waals surface area contributed by atoms with Crippen LogP contribution in [0.3, 0.4) is 0 Å². The van der Waals surface area contributed by atoms with Crippen molar-refractivity contribution >= 4 is 17.7 Å². The van der Waals surface area contributed by atoms with Crippen molar-refractivity contribution in [2.24, 2.45) is 0 Å². The van der Waals surface area contributed by atoms with Gasteiger partial charge in [0.15, 0.2) is 11.0 Å². The highest BCUT2D eigenvalue weighted by molar-refractivity contribution is 7.99. The van der Waals surface area contributed by atoms with Gasteiger partial charge in [-0.2, -0.15) is 0 Å². The second-order valence-electron chi connectivity index (χ2n) is 8.23. The molecule has 0 aliphatic rings. The molecule has 2 aromatic rings. The van der Waals surface area contributed by atoms with Gasteiger partial charge in [0, 0.05) is 18.5 Å². The molecule has 1 heterocycles. The monoisotopic (exact) mass is 418 g/mol. The molecule has 0 saturated heterocycles. The predicted octanol–water partition coefficient (Wildman–Crippen LogP) is 2.66. The van der Waals surface area contributed by atoms with E-state index in [4.69, 9.17) is 0 Å². The topological polar surface area (TPSA) is 55.5 Å². The number of carbonyl (C=O) groups excluding carboxylic acids is 1. The lowest BCUT2D eigenvalue weighted by atomic mass is 10.2. The van der Waals surface area contributed by atoms with Crippen LogP contribution < -0.4 is 4.90 Å². The Kier molecular flexibility index (Phi) is 8.71. The lowest BCUT2D eigenvalue weighted by Crippen LogP contribution is -3.06. The normalized spacial score (nSPS) is 12.8. The maximum Gasteiger partial charge on any atom is 0.233 e. The molecule has 0 spiro atoms. The fraction of sp³-hybridized carbons (Fsp3) is 0.591. The summed E-state index contributed by atoms with van der Waals surface area (Å²) in [7, 11) is 4.30. The molecule has 0 radical (unpaired) electrons. The summed E-state index contributed by atoms with van der Waals surface area (Å²) in [5, 5.41) is 9.83. The van der Waals surface area contributed by atoms with Crippen molar-refractivity contribution in [3.05, 3.63) is 41.7 Å². The first-order chi connectivity index (χ1) is 13.8. The van der Waals surface area contributed by atoms with Crippen LogP contribution in [0.5, 0.6) is 0 Å². The number of nitrogens with one attached hydrogen (secondary N) is 1. The zero-order valence-corrected chi connectivity index (χ0v) is 19.7. The Bertz CT molecular complexity index is 765. The van der Waals surface area contributed by atoms with Gasteiger partial charge >= 0.3 is 0 Å². The average Bonchev–Trinajstić information content (AvgIpc) is 3.03. The van der Waals surface area contributed by atoms with E-state index in [1.165, 1.54) is 22.2 Å². The molecule has 1 aromatic carbocycles. The number of carbonyl (C=O) groups is 1. The van der Waals surface area contributed by atoms with Gasteiger partial charge in [0.05, 0.1) is 26.4 Å². The molecule has 0 aliphatic carbocycles. The summed E-state index contributed by atoms with van der Waals surface area (Å²) in [5.74, 6) is 1.49. The number of benzene rings is 1. The quantitative estimate of drug-likeness (QED) is 0.603. The van der Waals surface area contributed by atoms with Crippen LogP contribution >= 0.6 is 11.8 Å². The molecule has 0 bridgehead atoms. The third-order valence-electron chi connectivity index (χ3n) is 5.07. The number of hydrogen-bond acceptors (Lipinski definition) is 4. The maximum absolute atomic E-state index is 12.8. The van der Waals surface area contributed by atoms with E-state index < -0.39 is 0 Å². The van der Waals surface area contributed by atoms with Gasteiger partial charge in [-0.25, -0.2) is 0 Å². The molecule has 2 rings (SSSR count). The van der Waals surface area contributed by atoms with Crippen molar-refractivity contribution in [2.45, 2.75) is 70.9 Å². The molecule has 1 aromatic heterocycles. The van der Waals surface area contributed by atoms with E-state index in [0.29, 0.717) is 12.3 Å². The van der Waals surface area contributed by atoms with Crippen molar-refractivity contribution < 1.29 is 9.69 Å². The molecule has 6 nitrogen and oxygen atoms in total. The highest BCUT2D eigenvalue weighted by Gasteiger charge is 2.26. The number of quaternary nitrogens is 1. The highest BCUT2D eigenvalue weighted by atomic mass is 32.2. The van der Waals surface area contributed by atoms with Gasteiger partial charge in [-0.3, -0.25) is 9.36 Å². The Morgan fingerprint density at radius 2 is 1.72 bits per heavy atom. The molecule has 0 unspecified atom stereocenters. The minimum atomic E-state index is 0.140. The fourth-order valence-corrected chi connectivity index (χ4v) is 4.62. The Morgan fingerprint density at radius 1 is 1.10 bits per heavy atom. The van der Waals surface area contributed by atoms with Crippen LogP contribution in [-0.4, -0.2) is 57.5 Å². The largest absolute Gasteiger partial charge is 0.337 e. The summed E-state index contributed by atoms with van der Waals surface area (Å²) in [6, 6.07) is 11.0. The number of aromatic nitrogens is 3. The summed E-state index contributed by atoms with van der Waals surface area (Å²) in [6.45, 7) is 11.1. The van der Waals surface area contributed by atoms with E-state index in [9.17, 15) is 4.79 Å². The van der Waals surface area contributed by atoms with Crippen molar-refractivity contribution in [3.8, 4) is 0 Å². The zero-order chi connectivity index (χ0) is 21.6. The van der Waals surface area contributed by atoms with Gasteiger partial charge in [-0.1, -0.05) is 49.0 Å². The van der Waals surface area contributed by atoms with Crippen molar-refractivity contribution in [3.63, 3.8) is 0 Å². The third kappa shape index (κ3) is 6.06. The smallest absolute Gasteiger partial charge is 0.233 e. The van der Waals surface area contributed by atoms with Gasteiger partial charge in [0.1, 0.15) is 6.04 Å². The van der Waals surface area contributed by atoms with E-state index in [-0.39, 0.29) is 24.0 Å². The van der Waals surface area contributed by atoms with E-state index >= 15 is 0 Å². The Balaban J connectivity index is 2.29. The summed E-state index contributed by atoms with van der Waals surface area (Å²) < 4.78 is 2.18. The van der Waals surface area contributed by atoms with E-state index in [1.807, 2.05) is 23.1 Å². The summed E-state index contributed by atoms with van der Waals surface area (Å²) >= 11 is 1.49. The lowest BCUT2D eigenvalue weighted by molar-refractivity contribution is -0.893. The molecular weight excluding hydrogens is 382 g/mol. The van der Waals surface area contributed by atoms with Crippen LogP contribution in [0.25, 0.3) is 0 Å². The van der Waals surface area contributed by atoms with Crippen LogP contribution in [-0.2, 0) is 11.3 Å². The molecule has 0 fully saturated rings. The number of thioether (sulfide) groups is 1. The summed E-state index contributed by atoms with van der Waals surface area (Å²) in [4.78, 5) is 16.1. The number of hydrogen-bond donors (Lipinski definition) is 1. The first kappa shape index (κ1) is 23.4. The highest BCUT2D eigenvalue weighted by Crippen LogP contribution is 2.23. The Morgan fingerprint density at radius 3 is 2.24 bits per heavy atom. The first-order valence-electron chi connectivity index (χ1n) is 10.5. The SMILES string of the molecule is CC[C@H](c1nnc(SCC(=O)N(C(C)C)C(C)C)n1Cc1ccccc1)[NH+](C)C. The Labute approximate surface area is 179 Å². The molecule has 1 amide bonds. The van der Waals surface area contributed by atoms with Gasteiger partial charge in [0.2, 0.25) is 5.91 Å². The van der Waals surface area contributed by atoms with Crippen molar-refractivity contribution in [2.75, 3.05) is 19.8 Å². The maximum atomic E-state index is 12.8. The second-order valence-corrected chi connectivity index (χ2v) is 9.17. The lowest BCUT2D eigenvalue weighted by Gasteiger charge is -2.30. The van der Waals surface area contributed by atoms with Crippen LogP contribution in [0, 0.1) is 0 Å². The van der Waals surface area contributed by atoms with E-state index in [0.717, 1.165) is 17.4 Å². The standard InChI is InChI=1S/C22H35N5OS/c1-8-19(25(6)7)21-23-24-22(26(21)14-18-12-10-9-11-13-18)29-15-20(28)27(16(2)3)17(4)5/h9-13,16-17,19H,8,14-15H2,1-7H3/p+1/t19-/m1/s1. The first-order valence-corrected chi connectivity index (χ1v) is 11.5. The second kappa shape index (κ2) is 10.8. The van der Waals surface area contributed by atoms with Gasteiger partial charge in [-0.05, 0) is 33.3 Å². The fourth-order valence-electron chi connectivity index (χ4n) is 3.80. The number of nitrogens with zero attached hydrogens (tertiary/aromatic N) is 4. The predicted molar refractivity (Wildman–Crippen MR) is 119 cm³/mol. The molecule has 0 aliphatic heterocycles. The van der Waals surface area contributed by atoms with E-state index in [2.05, 4.69) is 75.6 Å². The van der Waals surface area contributed by atoms with Crippen LogP contribution in [0.4, 0.5) is 0 Å². The van der Waals surface area contributed by atoms with Crippen molar-refractivity contribution in [1.82, 2.24) is 19.7 Å². The third-order valence-corrected chi connectivity index (χ3v) is 6.02. The molecule has 1 N–H and O–H groups in total. The molecule has 160 valence electrons. The van der Waals surface area contributed by atoms with Crippen LogP contribution in [0.2, 0.25) is 0 Å². The summed E-state index contributed by atoms with van der Waals surface area (Å²) in [5.41, 5.74) is 1.20. The molecule has 1 atom stereocenters. The van der Waals surface area contributed by atoms with Crippen LogP contribution in [0.1, 0.15) is 58.5 Å². The number of rotatable bonds is 10. The average molecular weight is 419 g/mol. The van der Waals surface area contributed by atoms with Gasteiger partial charge < -0.3 is 9.80 Å². The molecular formula is C22H36N5OS+. The van der Waals surface area contributed by atoms with Gasteiger partial charge in [-0.15, -0.1) is 10.2 Å². The van der Waals surface area contributed by atoms with Crippen LogP contribution in [0.15, 0.2) is 35.5 Å². The number of amides is 1. The molecule has 29 heavy (non-hydrogen) atoms. The minimum Gasteiger partial charge on any atom is -0.337 e. The van der Waals surface area contributed by atoms with Gasteiger partial charge in [0.25, 0.3) is 0 Å².